The fourth-order valence-electron chi connectivity index (χ4n) is 0.784. The maximum atomic E-state index is 5.73. The van der Waals surface area contributed by atoms with E-state index >= 15 is 0 Å². The largest absolute Gasteiger partial charge is 0.443 e. The molecular formula is C7H4ClNOS. The van der Waals surface area contributed by atoms with Gasteiger partial charge in [0.2, 0.25) is 0 Å². The quantitative estimate of drug-likeness (QED) is 0.683. The first-order valence-corrected chi connectivity index (χ1v) is 4.20. The molecule has 0 spiro atoms. The van der Waals surface area contributed by atoms with E-state index in [1.54, 1.807) is 6.20 Å². The molecule has 0 saturated carbocycles. The molecule has 0 unspecified atom stereocenters. The third kappa shape index (κ3) is 1.29. The third-order valence-electron chi connectivity index (χ3n) is 1.25. The van der Waals surface area contributed by atoms with Crippen molar-refractivity contribution in [1.29, 1.82) is 0 Å². The molecule has 0 aliphatic heterocycles. The average molecular weight is 186 g/mol. The summed E-state index contributed by atoms with van der Waals surface area (Å²) in [7, 11) is 0. The van der Waals surface area contributed by atoms with Crippen molar-refractivity contribution in [3.8, 4) is 10.6 Å². The minimum Gasteiger partial charge on any atom is -0.443 e. The predicted molar refractivity (Wildman–Crippen MR) is 44.8 cm³/mol. The Bertz CT molecular complexity index is 341. The SMILES string of the molecule is Clc1ccc(-c2cnco2)s1. The second-order valence-electron chi connectivity index (χ2n) is 1.97. The van der Waals surface area contributed by atoms with Crippen molar-refractivity contribution < 1.29 is 4.42 Å². The van der Waals surface area contributed by atoms with Crippen molar-refractivity contribution in [2.75, 3.05) is 0 Å². The summed E-state index contributed by atoms with van der Waals surface area (Å²) in [6, 6.07) is 3.75. The van der Waals surface area contributed by atoms with E-state index in [9.17, 15) is 0 Å². The van der Waals surface area contributed by atoms with Gasteiger partial charge < -0.3 is 4.42 Å². The zero-order valence-corrected chi connectivity index (χ0v) is 7.02. The number of aromatic nitrogens is 1. The van der Waals surface area contributed by atoms with E-state index in [0.717, 1.165) is 15.0 Å². The number of hydrogen-bond acceptors (Lipinski definition) is 3. The van der Waals surface area contributed by atoms with Gasteiger partial charge in [0.25, 0.3) is 0 Å². The van der Waals surface area contributed by atoms with E-state index in [-0.39, 0.29) is 0 Å². The number of oxazole rings is 1. The zero-order valence-electron chi connectivity index (χ0n) is 5.45. The van der Waals surface area contributed by atoms with E-state index in [2.05, 4.69) is 4.98 Å². The van der Waals surface area contributed by atoms with Gasteiger partial charge >= 0.3 is 0 Å². The Morgan fingerprint density at radius 2 is 2.36 bits per heavy atom. The van der Waals surface area contributed by atoms with E-state index < -0.39 is 0 Å². The second kappa shape index (κ2) is 2.68. The summed E-state index contributed by atoms with van der Waals surface area (Å²) >= 11 is 7.21. The van der Waals surface area contributed by atoms with Crippen molar-refractivity contribution in [3.05, 3.63) is 29.1 Å². The molecule has 0 atom stereocenters. The minimum absolute atomic E-state index is 0.761. The Morgan fingerprint density at radius 1 is 1.45 bits per heavy atom. The first-order valence-electron chi connectivity index (χ1n) is 3.00. The molecule has 0 aliphatic rings. The Labute approximate surface area is 72.4 Å². The van der Waals surface area contributed by atoms with E-state index in [1.807, 2.05) is 12.1 Å². The average Bonchev–Trinajstić information content (AvgIpc) is 2.55. The van der Waals surface area contributed by atoms with Gasteiger partial charge in [0.05, 0.1) is 15.4 Å². The lowest BCUT2D eigenvalue weighted by atomic mass is 10.4. The Kier molecular flexibility index (Phi) is 1.68. The highest BCUT2D eigenvalue weighted by Crippen LogP contribution is 2.30. The second-order valence-corrected chi connectivity index (χ2v) is 3.68. The van der Waals surface area contributed by atoms with Gasteiger partial charge in [0.1, 0.15) is 0 Å². The Hall–Kier alpha value is -0.800. The van der Waals surface area contributed by atoms with E-state index in [4.69, 9.17) is 16.0 Å². The van der Waals surface area contributed by atoms with Crippen molar-refractivity contribution in [3.63, 3.8) is 0 Å². The zero-order chi connectivity index (χ0) is 7.68. The first-order chi connectivity index (χ1) is 5.36. The normalized spacial score (nSPS) is 10.3. The molecular weight excluding hydrogens is 182 g/mol. The molecule has 0 radical (unpaired) electrons. The molecule has 0 fully saturated rings. The topological polar surface area (TPSA) is 26.0 Å². The lowest BCUT2D eigenvalue weighted by Crippen LogP contribution is -1.59. The Balaban J connectivity index is 2.45. The van der Waals surface area contributed by atoms with Crippen LogP contribution in [-0.4, -0.2) is 4.98 Å². The fourth-order valence-corrected chi connectivity index (χ4v) is 1.78. The first kappa shape index (κ1) is 6.88. The molecule has 56 valence electrons. The fraction of sp³-hybridized carbons (Fsp3) is 0. The summed E-state index contributed by atoms with van der Waals surface area (Å²) in [6.07, 6.45) is 3.07. The van der Waals surface area contributed by atoms with Gasteiger partial charge in [-0.3, -0.25) is 0 Å². The molecule has 2 nitrogen and oxygen atoms in total. The molecule has 2 aromatic heterocycles. The van der Waals surface area contributed by atoms with Crippen molar-refractivity contribution in [1.82, 2.24) is 4.98 Å². The van der Waals surface area contributed by atoms with Gasteiger partial charge in [-0.15, -0.1) is 11.3 Å². The van der Waals surface area contributed by atoms with E-state index in [0.29, 0.717) is 0 Å². The lowest BCUT2D eigenvalue weighted by molar-refractivity contribution is 0.573. The molecule has 0 amide bonds. The summed E-state index contributed by atoms with van der Waals surface area (Å²) < 4.78 is 5.83. The Morgan fingerprint density at radius 3 is 2.91 bits per heavy atom. The van der Waals surface area contributed by atoms with Crippen LogP contribution in [0.3, 0.4) is 0 Å². The van der Waals surface area contributed by atoms with Gasteiger partial charge in [-0.25, -0.2) is 4.98 Å². The molecule has 0 saturated heterocycles. The van der Waals surface area contributed by atoms with Gasteiger partial charge in [-0.05, 0) is 12.1 Å². The monoisotopic (exact) mass is 185 g/mol. The highest BCUT2D eigenvalue weighted by molar-refractivity contribution is 7.19. The predicted octanol–water partition coefficient (Wildman–Crippen LogP) is 3.06. The maximum Gasteiger partial charge on any atom is 0.181 e. The van der Waals surface area contributed by atoms with Crippen LogP contribution in [0.25, 0.3) is 10.6 Å². The van der Waals surface area contributed by atoms with Crippen LogP contribution in [0, 0.1) is 0 Å². The standard InChI is InChI=1S/C7H4ClNOS/c8-7-2-1-6(11-7)5-3-9-4-10-5/h1-4H. The maximum absolute atomic E-state index is 5.73. The molecule has 0 bridgehead atoms. The third-order valence-corrected chi connectivity index (χ3v) is 2.49. The summed E-state index contributed by atoms with van der Waals surface area (Å²) in [6.45, 7) is 0. The van der Waals surface area contributed by atoms with Crippen LogP contribution in [0.5, 0.6) is 0 Å². The van der Waals surface area contributed by atoms with Crippen LogP contribution in [0.2, 0.25) is 4.34 Å². The summed E-state index contributed by atoms with van der Waals surface area (Å²) in [5.74, 6) is 0.766. The number of hydrogen-bond donors (Lipinski definition) is 0. The van der Waals surface area contributed by atoms with Crippen molar-refractivity contribution in [2.24, 2.45) is 0 Å². The van der Waals surface area contributed by atoms with Gasteiger partial charge in [-0.1, -0.05) is 11.6 Å². The van der Waals surface area contributed by atoms with Gasteiger partial charge in [-0.2, -0.15) is 0 Å². The molecule has 4 heteroatoms. The van der Waals surface area contributed by atoms with Gasteiger partial charge in [0, 0.05) is 0 Å². The minimum atomic E-state index is 0.761. The van der Waals surface area contributed by atoms with Crippen molar-refractivity contribution in [2.45, 2.75) is 0 Å². The molecule has 2 aromatic rings. The van der Waals surface area contributed by atoms with Crippen LogP contribution in [-0.2, 0) is 0 Å². The molecule has 2 rings (SSSR count). The van der Waals surface area contributed by atoms with Crippen LogP contribution >= 0.6 is 22.9 Å². The van der Waals surface area contributed by atoms with E-state index in [1.165, 1.54) is 17.7 Å². The van der Waals surface area contributed by atoms with Crippen LogP contribution in [0.4, 0.5) is 0 Å². The molecule has 0 aromatic carbocycles. The van der Waals surface area contributed by atoms with Crippen LogP contribution in [0.1, 0.15) is 0 Å². The summed E-state index contributed by atoms with van der Waals surface area (Å²) in [5.41, 5.74) is 0. The number of thiophene rings is 1. The molecule has 11 heavy (non-hydrogen) atoms. The smallest absolute Gasteiger partial charge is 0.181 e. The number of rotatable bonds is 1. The summed E-state index contributed by atoms with van der Waals surface area (Å²) in [5, 5.41) is 0. The van der Waals surface area contributed by atoms with Crippen LogP contribution in [0.15, 0.2) is 29.1 Å². The molecule has 2 heterocycles. The lowest BCUT2D eigenvalue weighted by Gasteiger charge is -1.83. The highest BCUT2D eigenvalue weighted by atomic mass is 35.5. The van der Waals surface area contributed by atoms with Crippen LogP contribution < -0.4 is 0 Å². The van der Waals surface area contributed by atoms with Crippen molar-refractivity contribution >= 4 is 22.9 Å². The van der Waals surface area contributed by atoms with Gasteiger partial charge in [0.15, 0.2) is 12.2 Å². The number of halogens is 1. The summed E-state index contributed by atoms with van der Waals surface area (Å²) in [4.78, 5) is 4.81. The molecule has 0 N–H and O–H groups in total. The highest BCUT2D eigenvalue weighted by Gasteiger charge is 2.03. The number of nitrogens with zero attached hydrogens (tertiary/aromatic N) is 1. The molecule has 0 aliphatic carbocycles.